The summed E-state index contributed by atoms with van der Waals surface area (Å²) in [6.45, 7) is 7.64. The molecule has 0 aromatic heterocycles. The number of nitrogens with one attached hydrogen (secondary N) is 2. The molecule has 0 fully saturated rings. The van der Waals surface area contributed by atoms with Gasteiger partial charge in [0, 0.05) is 11.3 Å². The molecule has 0 aliphatic carbocycles. The Kier molecular flexibility index (Phi) is 6.07. The van der Waals surface area contributed by atoms with E-state index in [1.807, 2.05) is 52.0 Å². The molecule has 0 atom stereocenters. The van der Waals surface area contributed by atoms with Gasteiger partial charge in [-0.15, -0.1) is 11.8 Å². The summed E-state index contributed by atoms with van der Waals surface area (Å²) in [7, 11) is 0. The topological polar surface area (TPSA) is 58.2 Å². The van der Waals surface area contributed by atoms with Crippen molar-refractivity contribution in [2.24, 2.45) is 0 Å². The normalized spacial score (nSPS) is 11.0. The van der Waals surface area contributed by atoms with Crippen LogP contribution in [0.15, 0.2) is 24.3 Å². The lowest BCUT2D eigenvalue weighted by molar-refractivity contribution is -0.117. The molecule has 0 saturated heterocycles. The standard InChI is InChI=1S/C15H22N2O2S/c1-11-7-5-6-8-12(11)9-20-10-13(18)16-14(19)17-15(2,3)4/h5-8H,9-10H2,1-4H3,(H2,16,17,18,19). The third-order valence-electron chi connectivity index (χ3n) is 2.49. The predicted octanol–water partition coefficient (Wildman–Crippen LogP) is 2.85. The van der Waals surface area contributed by atoms with Gasteiger partial charge in [0.2, 0.25) is 5.91 Å². The van der Waals surface area contributed by atoms with Gasteiger partial charge >= 0.3 is 6.03 Å². The molecule has 0 aliphatic heterocycles. The average Bonchev–Trinajstić information content (AvgIpc) is 2.28. The molecule has 110 valence electrons. The summed E-state index contributed by atoms with van der Waals surface area (Å²) in [4.78, 5) is 23.1. The summed E-state index contributed by atoms with van der Waals surface area (Å²) in [6, 6.07) is 7.63. The van der Waals surface area contributed by atoms with Crippen LogP contribution in [0.25, 0.3) is 0 Å². The third kappa shape index (κ3) is 6.61. The van der Waals surface area contributed by atoms with Gasteiger partial charge in [0.25, 0.3) is 0 Å². The molecule has 0 bridgehead atoms. The first-order valence-electron chi connectivity index (χ1n) is 6.52. The maximum Gasteiger partial charge on any atom is 0.321 e. The van der Waals surface area contributed by atoms with E-state index in [0.29, 0.717) is 0 Å². The molecular weight excluding hydrogens is 272 g/mol. The molecule has 0 unspecified atom stereocenters. The van der Waals surface area contributed by atoms with E-state index in [-0.39, 0.29) is 17.2 Å². The Morgan fingerprint density at radius 2 is 1.85 bits per heavy atom. The maximum atomic E-state index is 11.6. The Morgan fingerprint density at radius 3 is 2.45 bits per heavy atom. The molecule has 0 aliphatic rings. The Morgan fingerprint density at radius 1 is 1.20 bits per heavy atom. The number of benzene rings is 1. The van der Waals surface area contributed by atoms with E-state index in [1.165, 1.54) is 22.9 Å². The van der Waals surface area contributed by atoms with E-state index in [4.69, 9.17) is 0 Å². The quantitative estimate of drug-likeness (QED) is 0.897. The minimum absolute atomic E-state index is 0.270. The summed E-state index contributed by atoms with van der Waals surface area (Å²) < 4.78 is 0. The molecule has 3 amide bonds. The largest absolute Gasteiger partial charge is 0.333 e. The van der Waals surface area contributed by atoms with Gasteiger partial charge in [-0.2, -0.15) is 0 Å². The number of imide groups is 1. The van der Waals surface area contributed by atoms with E-state index in [2.05, 4.69) is 10.6 Å². The van der Waals surface area contributed by atoms with Crippen LogP contribution in [0.3, 0.4) is 0 Å². The van der Waals surface area contributed by atoms with Crippen molar-refractivity contribution in [3.63, 3.8) is 0 Å². The van der Waals surface area contributed by atoms with E-state index < -0.39 is 6.03 Å². The van der Waals surface area contributed by atoms with Crippen molar-refractivity contribution in [1.29, 1.82) is 0 Å². The highest BCUT2D eigenvalue weighted by Crippen LogP contribution is 2.15. The van der Waals surface area contributed by atoms with Crippen LogP contribution in [0.1, 0.15) is 31.9 Å². The summed E-state index contributed by atoms with van der Waals surface area (Å²) >= 11 is 1.50. The second-order valence-corrected chi connectivity index (χ2v) is 6.66. The van der Waals surface area contributed by atoms with Crippen molar-refractivity contribution >= 4 is 23.7 Å². The number of rotatable bonds is 4. The molecule has 0 saturated carbocycles. The van der Waals surface area contributed by atoms with Gasteiger partial charge < -0.3 is 5.32 Å². The lowest BCUT2D eigenvalue weighted by Gasteiger charge is -2.20. The van der Waals surface area contributed by atoms with Crippen LogP contribution in [0.4, 0.5) is 4.79 Å². The van der Waals surface area contributed by atoms with E-state index >= 15 is 0 Å². The van der Waals surface area contributed by atoms with Crippen LogP contribution < -0.4 is 10.6 Å². The second kappa shape index (κ2) is 7.33. The fourth-order valence-corrected chi connectivity index (χ4v) is 2.46. The molecule has 1 aromatic rings. The zero-order chi connectivity index (χ0) is 15.2. The number of aryl methyl sites for hydroxylation is 1. The molecular formula is C15H22N2O2S. The fraction of sp³-hybridized carbons (Fsp3) is 0.467. The minimum atomic E-state index is -0.445. The van der Waals surface area contributed by atoms with Crippen LogP contribution in [0.5, 0.6) is 0 Å². The lowest BCUT2D eigenvalue weighted by atomic mass is 10.1. The number of urea groups is 1. The Labute approximate surface area is 124 Å². The van der Waals surface area contributed by atoms with Crippen molar-refractivity contribution in [2.45, 2.75) is 39.0 Å². The highest BCUT2D eigenvalue weighted by molar-refractivity contribution is 7.99. The summed E-state index contributed by atoms with van der Waals surface area (Å²) in [5.41, 5.74) is 2.08. The monoisotopic (exact) mass is 294 g/mol. The number of hydrogen-bond acceptors (Lipinski definition) is 3. The number of amides is 3. The molecule has 0 spiro atoms. The summed E-state index contributed by atoms with van der Waals surface area (Å²) in [6.07, 6.45) is 0. The maximum absolute atomic E-state index is 11.6. The van der Waals surface area contributed by atoms with Crippen LogP contribution in [0, 0.1) is 6.92 Å². The van der Waals surface area contributed by atoms with E-state index in [9.17, 15) is 9.59 Å². The van der Waals surface area contributed by atoms with Gasteiger partial charge in [-0.25, -0.2) is 4.79 Å². The highest BCUT2D eigenvalue weighted by atomic mass is 32.2. The highest BCUT2D eigenvalue weighted by Gasteiger charge is 2.15. The number of hydrogen-bond donors (Lipinski definition) is 2. The lowest BCUT2D eigenvalue weighted by Crippen LogP contribution is -2.48. The minimum Gasteiger partial charge on any atom is -0.333 e. The second-order valence-electron chi connectivity index (χ2n) is 5.67. The van der Waals surface area contributed by atoms with Gasteiger partial charge in [0.05, 0.1) is 5.75 Å². The van der Waals surface area contributed by atoms with E-state index in [1.54, 1.807) is 0 Å². The van der Waals surface area contributed by atoms with Crippen molar-refractivity contribution in [3.05, 3.63) is 35.4 Å². The first-order valence-corrected chi connectivity index (χ1v) is 7.67. The first-order chi connectivity index (χ1) is 9.28. The van der Waals surface area contributed by atoms with Crippen molar-refractivity contribution in [3.8, 4) is 0 Å². The molecule has 1 aromatic carbocycles. The molecule has 2 N–H and O–H groups in total. The molecule has 20 heavy (non-hydrogen) atoms. The predicted molar refractivity (Wildman–Crippen MR) is 83.8 cm³/mol. The third-order valence-corrected chi connectivity index (χ3v) is 3.47. The summed E-state index contributed by atoms with van der Waals surface area (Å²) in [5, 5.41) is 5.01. The molecule has 0 heterocycles. The van der Waals surface area contributed by atoms with Crippen LogP contribution in [0.2, 0.25) is 0 Å². The molecule has 1 rings (SSSR count). The van der Waals surface area contributed by atoms with Crippen molar-refractivity contribution in [1.82, 2.24) is 10.6 Å². The van der Waals surface area contributed by atoms with Crippen LogP contribution >= 0.6 is 11.8 Å². The molecule has 0 radical (unpaired) electrons. The molecule has 5 heteroatoms. The number of thioether (sulfide) groups is 1. The summed E-state index contributed by atoms with van der Waals surface area (Å²) in [5.74, 6) is 0.762. The van der Waals surface area contributed by atoms with E-state index in [0.717, 1.165) is 5.75 Å². The van der Waals surface area contributed by atoms with Crippen molar-refractivity contribution in [2.75, 3.05) is 5.75 Å². The Hall–Kier alpha value is -1.49. The van der Waals surface area contributed by atoms with Gasteiger partial charge in [-0.1, -0.05) is 24.3 Å². The van der Waals surface area contributed by atoms with Crippen LogP contribution in [-0.2, 0) is 10.5 Å². The SMILES string of the molecule is Cc1ccccc1CSCC(=O)NC(=O)NC(C)(C)C. The van der Waals surface area contributed by atoms with Crippen LogP contribution in [-0.4, -0.2) is 23.2 Å². The fourth-order valence-electron chi connectivity index (χ4n) is 1.56. The Bertz CT molecular complexity index is 481. The van der Waals surface area contributed by atoms with Crippen molar-refractivity contribution < 1.29 is 9.59 Å². The van der Waals surface area contributed by atoms with Gasteiger partial charge in [-0.3, -0.25) is 10.1 Å². The Balaban J connectivity index is 2.31. The van der Waals surface area contributed by atoms with Gasteiger partial charge in [0.1, 0.15) is 0 Å². The zero-order valence-corrected chi connectivity index (χ0v) is 13.3. The number of carbonyl (C=O) groups excluding carboxylic acids is 2. The smallest absolute Gasteiger partial charge is 0.321 e. The average molecular weight is 294 g/mol. The number of carbonyl (C=O) groups is 2. The van der Waals surface area contributed by atoms with Gasteiger partial charge in [0.15, 0.2) is 0 Å². The first kappa shape index (κ1) is 16.6. The molecule has 4 nitrogen and oxygen atoms in total. The zero-order valence-electron chi connectivity index (χ0n) is 12.4. The van der Waals surface area contributed by atoms with Gasteiger partial charge in [-0.05, 0) is 38.8 Å².